The van der Waals surface area contributed by atoms with Crippen LogP contribution in [-0.2, 0) is 23.7 Å². The highest BCUT2D eigenvalue weighted by molar-refractivity contribution is 8.77. The van der Waals surface area contributed by atoms with Gasteiger partial charge in [0.05, 0.1) is 46.2 Å². The first kappa shape index (κ1) is 40.0. The third kappa shape index (κ3) is 23.1. The van der Waals surface area contributed by atoms with Gasteiger partial charge in [-0.2, -0.15) is 0 Å². The van der Waals surface area contributed by atoms with Crippen molar-refractivity contribution in [2.75, 3.05) is 72.6 Å². The Morgan fingerprint density at radius 1 is 0.791 bits per heavy atom. The first-order chi connectivity index (χ1) is 20.4. The molecule has 1 aromatic rings. The van der Waals surface area contributed by atoms with Crippen molar-refractivity contribution < 1.29 is 33.2 Å². The number of ether oxygens (including phenoxy) is 6. The number of benzene rings is 1. The third-order valence-electron chi connectivity index (χ3n) is 5.75. The molecule has 10 heteroatoms. The number of carbonyl (C=O) groups is 1. The van der Waals surface area contributed by atoms with Crippen LogP contribution in [0.5, 0.6) is 5.75 Å². The average molecular weight is 646 g/mol. The van der Waals surface area contributed by atoms with Crippen molar-refractivity contribution in [3.8, 4) is 5.75 Å². The van der Waals surface area contributed by atoms with E-state index in [0.29, 0.717) is 83.2 Å². The largest absolute Gasteiger partial charge is 0.490 e. The van der Waals surface area contributed by atoms with E-state index >= 15 is 0 Å². The molecule has 0 saturated carbocycles. The van der Waals surface area contributed by atoms with Crippen molar-refractivity contribution in [1.82, 2.24) is 5.32 Å². The van der Waals surface area contributed by atoms with Crippen molar-refractivity contribution in [3.05, 3.63) is 29.8 Å². The minimum Gasteiger partial charge on any atom is -0.490 e. The van der Waals surface area contributed by atoms with Crippen molar-refractivity contribution in [2.24, 2.45) is 11.8 Å². The average Bonchev–Trinajstić information content (AvgIpc) is 2.94. The molecule has 0 aliphatic rings. The van der Waals surface area contributed by atoms with Gasteiger partial charge in [-0.1, -0.05) is 89.0 Å². The van der Waals surface area contributed by atoms with Gasteiger partial charge in [0.1, 0.15) is 12.4 Å². The SMILES string of the molecule is CC(C)CCCCOCCOCCOCCNC(=O)c1cccc(OCC(C)(OCCOCC(C)C)SSC(C)(C)C)c1. The molecule has 1 N–H and O–H groups in total. The summed E-state index contributed by atoms with van der Waals surface area (Å²) in [6.07, 6.45) is 3.56. The first-order valence-corrected chi connectivity index (χ1v) is 17.9. The molecule has 250 valence electrons. The highest BCUT2D eigenvalue weighted by Gasteiger charge is 2.30. The lowest BCUT2D eigenvalue weighted by Crippen LogP contribution is -2.34. The van der Waals surface area contributed by atoms with Gasteiger partial charge in [-0.3, -0.25) is 4.79 Å². The van der Waals surface area contributed by atoms with E-state index in [9.17, 15) is 4.79 Å². The van der Waals surface area contributed by atoms with E-state index in [2.05, 4.69) is 53.8 Å². The Kier molecular flexibility index (Phi) is 21.7. The molecule has 0 aliphatic carbocycles. The van der Waals surface area contributed by atoms with Gasteiger partial charge < -0.3 is 33.7 Å². The molecule has 8 nitrogen and oxygen atoms in total. The Morgan fingerprint density at radius 2 is 1.44 bits per heavy atom. The summed E-state index contributed by atoms with van der Waals surface area (Å²) in [4.78, 5) is 12.1. The van der Waals surface area contributed by atoms with E-state index in [1.165, 1.54) is 12.8 Å². The molecule has 1 rings (SSSR count). The maximum atomic E-state index is 12.7. The fourth-order valence-electron chi connectivity index (χ4n) is 3.52. The lowest BCUT2D eigenvalue weighted by atomic mass is 10.1. The van der Waals surface area contributed by atoms with E-state index in [4.69, 9.17) is 28.4 Å². The lowest BCUT2D eigenvalue weighted by Gasteiger charge is -2.31. The topological polar surface area (TPSA) is 84.5 Å². The quantitative estimate of drug-likeness (QED) is 0.0636. The van der Waals surface area contributed by atoms with Gasteiger partial charge in [-0.25, -0.2) is 0 Å². The molecule has 1 unspecified atom stereocenters. The van der Waals surface area contributed by atoms with Crippen LogP contribution in [0.2, 0.25) is 0 Å². The van der Waals surface area contributed by atoms with Crippen molar-refractivity contribution in [2.45, 2.75) is 84.3 Å². The Labute approximate surface area is 269 Å². The minimum absolute atomic E-state index is 0.0690. The minimum atomic E-state index is -0.585. The Bertz CT molecular complexity index is 851. The molecule has 0 bridgehead atoms. The van der Waals surface area contributed by atoms with Crippen molar-refractivity contribution >= 4 is 27.5 Å². The van der Waals surface area contributed by atoms with Gasteiger partial charge in [0.15, 0.2) is 4.93 Å². The molecule has 0 radical (unpaired) electrons. The number of hydrogen-bond acceptors (Lipinski definition) is 9. The van der Waals surface area contributed by atoms with Crippen molar-refractivity contribution in [1.29, 1.82) is 0 Å². The van der Waals surface area contributed by atoms with E-state index < -0.39 is 4.93 Å². The number of rotatable bonds is 26. The predicted molar refractivity (Wildman–Crippen MR) is 180 cm³/mol. The van der Waals surface area contributed by atoms with Crippen LogP contribution < -0.4 is 10.1 Å². The monoisotopic (exact) mass is 645 g/mol. The van der Waals surface area contributed by atoms with E-state index in [1.807, 2.05) is 19.1 Å². The highest BCUT2D eigenvalue weighted by Crippen LogP contribution is 2.44. The fraction of sp³-hybridized carbons (Fsp3) is 0.788. The zero-order valence-corrected chi connectivity index (χ0v) is 29.7. The summed E-state index contributed by atoms with van der Waals surface area (Å²) in [6, 6.07) is 7.20. The van der Waals surface area contributed by atoms with Crippen LogP contribution in [0.1, 0.15) is 85.0 Å². The van der Waals surface area contributed by atoms with Crippen LogP contribution in [-0.4, -0.2) is 88.2 Å². The first-order valence-electron chi connectivity index (χ1n) is 15.7. The van der Waals surface area contributed by atoms with Gasteiger partial charge in [0, 0.05) is 30.1 Å². The number of nitrogens with one attached hydrogen (secondary N) is 1. The van der Waals surface area contributed by atoms with Gasteiger partial charge in [-0.05, 0) is 43.4 Å². The molecule has 43 heavy (non-hydrogen) atoms. The highest BCUT2D eigenvalue weighted by atomic mass is 33.1. The van der Waals surface area contributed by atoms with Gasteiger partial charge >= 0.3 is 0 Å². The van der Waals surface area contributed by atoms with Crippen LogP contribution in [0, 0.1) is 11.8 Å². The summed E-state index contributed by atoms with van der Waals surface area (Å²) in [5, 5.41) is 2.90. The number of carbonyl (C=O) groups excluding carboxylic acids is 1. The Morgan fingerprint density at radius 3 is 2.09 bits per heavy atom. The normalized spacial score (nSPS) is 13.4. The number of unbranched alkanes of at least 4 members (excludes halogenated alkanes) is 1. The molecule has 1 atom stereocenters. The summed E-state index contributed by atoms with van der Waals surface area (Å²) in [5.74, 6) is 1.69. The molecule has 0 saturated heterocycles. The molecule has 1 amide bonds. The maximum absolute atomic E-state index is 12.7. The molecule has 0 spiro atoms. The Hall–Kier alpha value is -1.01. The molecule has 1 aromatic carbocycles. The summed E-state index contributed by atoms with van der Waals surface area (Å²) >= 11 is 0. The summed E-state index contributed by atoms with van der Waals surface area (Å²) in [5.41, 5.74) is 0.534. The molecule has 0 heterocycles. The molecular formula is C33H59NO7S2. The lowest BCUT2D eigenvalue weighted by molar-refractivity contribution is -0.0275. The van der Waals surface area contributed by atoms with Crippen LogP contribution in [0.15, 0.2) is 24.3 Å². The smallest absolute Gasteiger partial charge is 0.251 e. The predicted octanol–water partition coefficient (Wildman–Crippen LogP) is 7.26. The summed E-state index contributed by atoms with van der Waals surface area (Å²) in [7, 11) is 3.41. The van der Waals surface area contributed by atoms with Gasteiger partial charge in [0.2, 0.25) is 0 Å². The van der Waals surface area contributed by atoms with Crippen LogP contribution in [0.4, 0.5) is 0 Å². The Balaban J connectivity index is 2.32. The third-order valence-corrected chi connectivity index (χ3v) is 9.73. The van der Waals surface area contributed by atoms with Crippen LogP contribution in [0.3, 0.4) is 0 Å². The standard InChI is InChI=1S/C33H59NO7S2/c1-27(2)12-9-10-16-36-18-20-38-21-19-37-17-15-34-31(35)29-13-11-14-30(24-29)40-26-33(8,43-42-32(5,6)7)41-23-22-39-25-28(3)4/h11,13-14,24,27-28H,9-10,12,15-23,25-26H2,1-8H3,(H,34,35). The molecule has 0 fully saturated rings. The van der Waals surface area contributed by atoms with Gasteiger partial charge in [0.25, 0.3) is 5.91 Å². The van der Waals surface area contributed by atoms with Gasteiger partial charge in [-0.15, -0.1) is 0 Å². The molecular weight excluding hydrogens is 586 g/mol. The second kappa shape index (κ2) is 23.3. The fourth-order valence-corrected chi connectivity index (χ4v) is 5.75. The van der Waals surface area contributed by atoms with Crippen LogP contribution >= 0.6 is 21.6 Å². The van der Waals surface area contributed by atoms with Crippen molar-refractivity contribution in [3.63, 3.8) is 0 Å². The second-order valence-electron chi connectivity index (χ2n) is 12.5. The van der Waals surface area contributed by atoms with Crippen LogP contribution in [0.25, 0.3) is 0 Å². The summed E-state index contributed by atoms with van der Waals surface area (Å²) < 4.78 is 34.8. The zero-order chi connectivity index (χ0) is 32.0. The number of amides is 1. The molecule has 0 aliphatic heterocycles. The molecule has 0 aromatic heterocycles. The zero-order valence-electron chi connectivity index (χ0n) is 28.0. The second-order valence-corrected chi connectivity index (χ2v) is 16.0. The van der Waals surface area contributed by atoms with E-state index in [1.54, 1.807) is 33.7 Å². The maximum Gasteiger partial charge on any atom is 0.251 e. The summed E-state index contributed by atoms with van der Waals surface area (Å²) in [6.45, 7) is 23.1. The van der Waals surface area contributed by atoms with E-state index in [0.717, 1.165) is 18.9 Å². The number of hydrogen-bond donors (Lipinski definition) is 1. The van der Waals surface area contributed by atoms with E-state index in [-0.39, 0.29) is 10.7 Å².